The van der Waals surface area contributed by atoms with Crippen molar-refractivity contribution in [1.29, 1.82) is 0 Å². The highest BCUT2D eigenvalue weighted by molar-refractivity contribution is 9.10. The molecule has 6 nitrogen and oxygen atoms in total. The van der Waals surface area contributed by atoms with Crippen LogP contribution in [0.15, 0.2) is 58.1 Å². The number of hydrazone groups is 1. The van der Waals surface area contributed by atoms with Crippen LogP contribution in [-0.2, 0) is 9.59 Å². The van der Waals surface area contributed by atoms with Crippen LogP contribution in [0.2, 0.25) is 0 Å². The summed E-state index contributed by atoms with van der Waals surface area (Å²) in [6, 6.07) is 14.1. The smallest absolute Gasteiger partial charge is 0.329 e. The van der Waals surface area contributed by atoms with Gasteiger partial charge >= 0.3 is 11.8 Å². The molecule has 2 aromatic carbocycles. The molecule has 2 rings (SSSR count). The quantitative estimate of drug-likeness (QED) is 0.468. The summed E-state index contributed by atoms with van der Waals surface area (Å²) in [7, 11) is 0. The van der Waals surface area contributed by atoms with Gasteiger partial charge in [0.2, 0.25) is 0 Å². The second-order valence-electron chi connectivity index (χ2n) is 4.66. The summed E-state index contributed by atoms with van der Waals surface area (Å²) in [5.74, 6) is -0.881. The summed E-state index contributed by atoms with van der Waals surface area (Å²) in [5, 5.41) is 6.24. The van der Waals surface area contributed by atoms with Gasteiger partial charge in [-0.25, -0.2) is 5.43 Å². The zero-order valence-electron chi connectivity index (χ0n) is 13.0. The molecule has 0 aromatic heterocycles. The van der Waals surface area contributed by atoms with Crippen molar-refractivity contribution in [3.8, 4) is 5.75 Å². The Balaban J connectivity index is 1.85. The molecule has 124 valence electrons. The molecule has 24 heavy (non-hydrogen) atoms. The van der Waals surface area contributed by atoms with Gasteiger partial charge in [-0.15, -0.1) is 0 Å². The number of anilines is 1. The van der Waals surface area contributed by atoms with Crippen LogP contribution in [0.4, 0.5) is 5.69 Å². The van der Waals surface area contributed by atoms with Crippen LogP contribution < -0.4 is 15.5 Å². The van der Waals surface area contributed by atoms with Gasteiger partial charge in [-0.3, -0.25) is 9.59 Å². The minimum atomic E-state index is -0.847. The molecule has 0 aliphatic rings. The summed E-state index contributed by atoms with van der Waals surface area (Å²) in [4.78, 5) is 23.4. The third-order valence-electron chi connectivity index (χ3n) is 2.88. The number of halogens is 1. The number of amides is 2. The van der Waals surface area contributed by atoms with Crippen LogP contribution in [-0.4, -0.2) is 24.6 Å². The van der Waals surface area contributed by atoms with Crippen molar-refractivity contribution in [1.82, 2.24) is 5.43 Å². The van der Waals surface area contributed by atoms with Gasteiger partial charge in [-0.05, 0) is 61.0 Å². The molecule has 0 spiro atoms. The fourth-order valence-corrected chi connectivity index (χ4v) is 2.02. The molecule has 0 aliphatic heterocycles. The van der Waals surface area contributed by atoms with E-state index in [1.807, 2.05) is 6.92 Å². The van der Waals surface area contributed by atoms with E-state index in [0.717, 1.165) is 15.8 Å². The molecule has 2 amide bonds. The minimum absolute atomic E-state index is 0.522. The lowest BCUT2D eigenvalue weighted by Crippen LogP contribution is -2.32. The first-order valence-electron chi connectivity index (χ1n) is 7.21. The Bertz CT molecular complexity index is 728. The SMILES string of the molecule is CCOc1ccc(/C=N/NC(=O)C(=O)Nc2ccc(Br)cc2)cc1. The van der Waals surface area contributed by atoms with E-state index in [0.29, 0.717) is 12.3 Å². The Kier molecular flexibility index (Phi) is 6.51. The lowest BCUT2D eigenvalue weighted by atomic mass is 10.2. The molecule has 2 aromatic rings. The van der Waals surface area contributed by atoms with E-state index in [4.69, 9.17) is 4.74 Å². The first kappa shape index (κ1) is 17.7. The van der Waals surface area contributed by atoms with Crippen molar-refractivity contribution < 1.29 is 14.3 Å². The highest BCUT2D eigenvalue weighted by Gasteiger charge is 2.12. The number of nitrogens with one attached hydrogen (secondary N) is 2. The van der Waals surface area contributed by atoms with Gasteiger partial charge in [-0.1, -0.05) is 15.9 Å². The Morgan fingerprint density at radius 2 is 1.75 bits per heavy atom. The summed E-state index contributed by atoms with van der Waals surface area (Å²) >= 11 is 3.29. The number of carbonyl (C=O) groups excluding carboxylic acids is 2. The monoisotopic (exact) mass is 389 g/mol. The number of carbonyl (C=O) groups is 2. The largest absolute Gasteiger partial charge is 0.494 e. The number of nitrogens with zero attached hydrogens (tertiary/aromatic N) is 1. The summed E-state index contributed by atoms with van der Waals surface area (Å²) in [6.45, 7) is 2.50. The van der Waals surface area contributed by atoms with Crippen LogP contribution in [0.1, 0.15) is 12.5 Å². The summed E-state index contributed by atoms with van der Waals surface area (Å²) < 4.78 is 6.21. The molecule has 0 saturated carbocycles. The van der Waals surface area contributed by atoms with E-state index in [2.05, 4.69) is 31.8 Å². The van der Waals surface area contributed by atoms with Crippen molar-refractivity contribution >= 4 is 39.6 Å². The number of rotatable bonds is 5. The Morgan fingerprint density at radius 3 is 2.38 bits per heavy atom. The van der Waals surface area contributed by atoms with Crippen molar-refractivity contribution in [3.63, 3.8) is 0 Å². The molecule has 0 fully saturated rings. The highest BCUT2D eigenvalue weighted by Crippen LogP contribution is 2.14. The van der Waals surface area contributed by atoms with Crippen molar-refractivity contribution in [2.24, 2.45) is 5.10 Å². The number of benzene rings is 2. The highest BCUT2D eigenvalue weighted by atomic mass is 79.9. The number of ether oxygens (including phenoxy) is 1. The van der Waals surface area contributed by atoms with Crippen LogP contribution in [0, 0.1) is 0 Å². The van der Waals surface area contributed by atoms with Gasteiger partial charge in [0.1, 0.15) is 5.75 Å². The fraction of sp³-hybridized carbons (Fsp3) is 0.118. The average Bonchev–Trinajstić information content (AvgIpc) is 2.58. The zero-order valence-corrected chi connectivity index (χ0v) is 14.5. The predicted octanol–water partition coefficient (Wildman–Crippen LogP) is 2.94. The Hall–Kier alpha value is -2.67. The summed E-state index contributed by atoms with van der Waals surface area (Å²) in [6.07, 6.45) is 1.44. The van der Waals surface area contributed by atoms with E-state index in [1.165, 1.54) is 6.21 Å². The van der Waals surface area contributed by atoms with Gasteiger partial charge in [0.15, 0.2) is 0 Å². The van der Waals surface area contributed by atoms with Crippen LogP contribution >= 0.6 is 15.9 Å². The Labute approximate surface area is 148 Å². The second-order valence-corrected chi connectivity index (χ2v) is 5.58. The third kappa shape index (κ3) is 5.51. The maximum atomic E-state index is 11.7. The first-order valence-corrected chi connectivity index (χ1v) is 8.00. The van der Waals surface area contributed by atoms with Gasteiger partial charge in [0.05, 0.1) is 12.8 Å². The molecule has 0 radical (unpaired) electrons. The predicted molar refractivity (Wildman–Crippen MR) is 96.1 cm³/mol. The van der Waals surface area contributed by atoms with Gasteiger partial charge < -0.3 is 10.1 Å². The Morgan fingerprint density at radius 1 is 1.08 bits per heavy atom. The van der Waals surface area contributed by atoms with Crippen LogP contribution in [0.5, 0.6) is 5.75 Å². The molecular weight excluding hydrogens is 374 g/mol. The van der Waals surface area contributed by atoms with E-state index in [1.54, 1.807) is 48.5 Å². The third-order valence-corrected chi connectivity index (χ3v) is 3.41. The van der Waals surface area contributed by atoms with E-state index in [9.17, 15) is 9.59 Å². The van der Waals surface area contributed by atoms with Crippen LogP contribution in [0.3, 0.4) is 0 Å². The second kappa shape index (κ2) is 8.83. The lowest BCUT2D eigenvalue weighted by molar-refractivity contribution is -0.136. The van der Waals surface area contributed by atoms with Gasteiger partial charge in [0, 0.05) is 10.2 Å². The molecular formula is C17H16BrN3O3. The number of hydrogen-bond donors (Lipinski definition) is 2. The van der Waals surface area contributed by atoms with E-state index < -0.39 is 11.8 Å². The molecule has 0 heterocycles. The molecule has 0 unspecified atom stereocenters. The normalized spacial score (nSPS) is 10.4. The maximum absolute atomic E-state index is 11.7. The van der Waals surface area contributed by atoms with Gasteiger partial charge in [0.25, 0.3) is 0 Å². The molecule has 0 aliphatic carbocycles. The van der Waals surface area contributed by atoms with E-state index >= 15 is 0 Å². The topological polar surface area (TPSA) is 79.8 Å². The minimum Gasteiger partial charge on any atom is -0.494 e. The molecule has 7 heteroatoms. The van der Waals surface area contributed by atoms with Gasteiger partial charge in [-0.2, -0.15) is 5.10 Å². The molecule has 0 saturated heterocycles. The molecule has 0 atom stereocenters. The lowest BCUT2D eigenvalue weighted by Gasteiger charge is -2.04. The standard InChI is InChI=1S/C17H16BrN3O3/c1-2-24-15-9-3-12(4-10-15)11-19-21-17(23)16(22)20-14-7-5-13(18)6-8-14/h3-11H,2H2,1H3,(H,20,22)(H,21,23)/b19-11+. The molecule has 0 bridgehead atoms. The van der Waals surface area contributed by atoms with Crippen molar-refractivity contribution in [2.75, 3.05) is 11.9 Å². The van der Waals surface area contributed by atoms with Crippen molar-refractivity contribution in [2.45, 2.75) is 6.92 Å². The first-order chi connectivity index (χ1) is 11.6. The van der Waals surface area contributed by atoms with E-state index in [-0.39, 0.29) is 0 Å². The summed E-state index contributed by atoms with van der Waals surface area (Å²) in [5.41, 5.74) is 3.47. The van der Waals surface area contributed by atoms with Crippen LogP contribution in [0.25, 0.3) is 0 Å². The maximum Gasteiger partial charge on any atom is 0.329 e. The number of hydrogen-bond acceptors (Lipinski definition) is 4. The fourth-order valence-electron chi connectivity index (χ4n) is 1.75. The zero-order chi connectivity index (χ0) is 17.4. The average molecular weight is 390 g/mol. The van der Waals surface area contributed by atoms with Crippen molar-refractivity contribution in [3.05, 3.63) is 58.6 Å². The molecule has 2 N–H and O–H groups in total.